The Kier molecular flexibility index (Phi) is 3.93. The maximum absolute atomic E-state index is 9.01. The van der Waals surface area contributed by atoms with Crippen LogP contribution in [-0.2, 0) is 0 Å². The molecule has 0 bridgehead atoms. The van der Waals surface area contributed by atoms with Gasteiger partial charge in [0.2, 0.25) is 0 Å². The Hall–Kier alpha value is -1.27. The van der Waals surface area contributed by atoms with Crippen LogP contribution in [0.15, 0.2) is 28.2 Å². The third kappa shape index (κ3) is 2.60. The van der Waals surface area contributed by atoms with E-state index in [2.05, 4.69) is 22.0 Å². The Morgan fingerprint density at radius 2 is 2.07 bits per heavy atom. The van der Waals surface area contributed by atoms with Crippen LogP contribution in [0.3, 0.4) is 0 Å². The molecule has 1 aromatic rings. The first-order valence-corrected chi connectivity index (χ1v) is 5.31. The molecular formula is C12H12BrNO. The molecule has 0 unspecified atom stereocenters. The highest BCUT2D eigenvalue weighted by molar-refractivity contribution is 9.10. The number of halogens is 1. The van der Waals surface area contributed by atoms with E-state index in [9.17, 15) is 0 Å². The van der Waals surface area contributed by atoms with Gasteiger partial charge in [-0.3, -0.25) is 0 Å². The first-order valence-electron chi connectivity index (χ1n) is 4.51. The molecule has 0 aliphatic carbocycles. The van der Waals surface area contributed by atoms with Gasteiger partial charge in [-0.15, -0.1) is 0 Å². The fourth-order valence-electron chi connectivity index (χ4n) is 1.29. The zero-order chi connectivity index (χ0) is 11.4. The Morgan fingerprint density at radius 1 is 1.40 bits per heavy atom. The summed E-state index contributed by atoms with van der Waals surface area (Å²) in [6.45, 7) is 3.85. The van der Waals surface area contributed by atoms with Gasteiger partial charge in [-0.05, 0) is 53.5 Å². The van der Waals surface area contributed by atoms with Gasteiger partial charge >= 0.3 is 0 Å². The van der Waals surface area contributed by atoms with E-state index in [0.717, 1.165) is 21.4 Å². The zero-order valence-corrected chi connectivity index (χ0v) is 10.6. The highest BCUT2D eigenvalue weighted by Crippen LogP contribution is 2.29. The maximum Gasteiger partial charge on any atom is 0.133 e. The first kappa shape index (κ1) is 11.8. The van der Waals surface area contributed by atoms with Gasteiger partial charge in [0.25, 0.3) is 0 Å². The molecule has 0 atom stereocenters. The van der Waals surface area contributed by atoms with E-state index in [-0.39, 0.29) is 0 Å². The molecule has 0 spiro atoms. The minimum absolute atomic E-state index is 0.707. The van der Waals surface area contributed by atoms with Crippen molar-refractivity contribution in [3.8, 4) is 11.8 Å². The summed E-state index contributed by atoms with van der Waals surface area (Å²) in [6.07, 6.45) is 0. The summed E-state index contributed by atoms with van der Waals surface area (Å²) in [6, 6.07) is 7.82. The lowest BCUT2D eigenvalue weighted by Crippen LogP contribution is -1.88. The number of benzene rings is 1. The fourth-order valence-corrected chi connectivity index (χ4v) is 1.83. The second-order valence-electron chi connectivity index (χ2n) is 3.34. The molecule has 0 aliphatic rings. The zero-order valence-electron chi connectivity index (χ0n) is 8.97. The van der Waals surface area contributed by atoms with Crippen LogP contribution in [0, 0.1) is 11.3 Å². The second kappa shape index (κ2) is 4.99. The average molecular weight is 266 g/mol. The SMILES string of the molecule is COc1ccc(C(C#N)=C(C)C)cc1Br. The van der Waals surface area contributed by atoms with Crippen LogP contribution in [-0.4, -0.2) is 7.11 Å². The van der Waals surface area contributed by atoms with Crippen LogP contribution in [0.4, 0.5) is 0 Å². The van der Waals surface area contributed by atoms with Gasteiger partial charge in [0.1, 0.15) is 5.75 Å². The molecule has 0 saturated heterocycles. The topological polar surface area (TPSA) is 33.0 Å². The van der Waals surface area contributed by atoms with Crippen molar-refractivity contribution >= 4 is 21.5 Å². The van der Waals surface area contributed by atoms with Crippen molar-refractivity contribution in [2.75, 3.05) is 7.11 Å². The van der Waals surface area contributed by atoms with Crippen LogP contribution >= 0.6 is 15.9 Å². The van der Waals surface area contributed by atoms with E-state index >= 15 is 0 Å². The monoisotopic (exact) mass is 265 g/mol. The van der Waals surface area contributed by atoms with Gasteiger partial charge in [-0.1, -0.05) is 5.57 Å². The lowest BCUT2D eigenvalue weighted by Gasteiger charge is -2.06. The molecule has 0 aliphatic heterocycles. The van der Waals surface area contributed by atoms with Crippen LogP contribution < -0.4 is 4.74 Å². The van der Waals surface area contributed by atoms with Gasteiger partial charge < -0.3 is 4.74 Å². The number of methoxy groups -OCH3 is 1. The predicted molar refractivity (Wildman–Crippen MR) is 64.6 cm³/mol. The number of rotatable bonds is 2. The van der Waals surface area contributed by atoms with E-state index < -0.39 is 0 Å². The van der Waals surface area contributed by atoms with Crippen molar-refractivity contribution < 1.29 is 4.74 Å². The number of nitriles is 1. The highest BCUT2D eigenvalue weighted by Gasteiger charge is 2.06. The number of allylic oxidation sites excluding steroid dienone is 2. The third-order valence-electron chi connectivity index (χ3n) is 2.05. The second-order valence-corrected chi connectivity index (χ2v) is 4.19. The number of nitrogens with zero attached hydrogens (tertiary/aromatic N) is 1. The van der Waals surface area contributed by atoms with Crippen molar-refractivity contribution in [2.45, 2.75) is 13.8 Å². The largest absolute Gasteiger partial charge is 0.496 e. The molecule has 0 aromatic heterocycles. The molecule has 0 N–H and O–H groups in total. The average Bonchev–Trinajstić information content (AvgIpc) is 2.18. The lowest BCUT2D eigenvalue weighted by atomic mass is 10.0. The minimum atomic E-state index is 0.707. The number of ether oxygens (including phenoxy) is 1. The predicted octanol–water partition coefficient (Wildman–Crippen LogP) is 3.77. The van der Waals surface area contributed by atoms with Crippen molar-refractivity contribution in [2.24, 2.45) is 0 Å². The molecule has 15 heavy (non-hydrogen) atoms. The van der Waals surface area contributed by atoms with E-state index in [4.69, 9.17) is 10.00 Å². The van der Waals surface area contributed by atoms with Crippen molar-refractivity contribution in [1.29, 1.82) is 5.26 Å². The normalized spacial score (nSPS) is 9.27. The summed E-state index contributed by atoms with van der Waals surface area (Å²) in [5.74, 6) is 0.768. The van der Waals surface area contributed by atoms with E-state index in [0.29, 0.717) is 5.57 Å². The molecule has 1 aromatic carbocycles. The molecule has 0 radical (unpaired) electrons. The Bertz CT molecular complexity index is 439. The fraction of sp³-hybridized carbons (Fsp3) is 0.250. The Morgan fingerprint density at radius 3 is 2.47 bits per heavy atom. The van der Waals surface area contributed by atoms with E-state index in [1.165, 1.54) is 0 Å². The summed E-state index contributed by atoms with van der Waals surface area (Å²) in [5, 5.41) is 9.01. The van der Waals surface area contributed by atoms with Crippen LogP contribution in [0.2, 0.25) is 0 Å². The van der Waals surface area contributed by atoms with Gasteiger partial charge in [0.05, 0.1) is 23.2 Å². The number of hydrogen-bond acceptors (Lipinski definition) is 2. The third-order valence-corrected chi connectivity index (χ3v) is 2.67. The quantitative estimate of drug-likeness (QED) is 0.763. The maximum atomic E-state index is 9.01. The summed E-state index contributed by atoms with van der Waals surface area (Å²) in [4.78, 5) is 0. The smallest absolute Gasteiger partial charge is 0.133 e. The minimum Gasteiger partial charge on any atom is -0.496 e. The Labute approximate surface area is 98.3 Å². The molecule has 1 rings (SSSR count). The van der Waals surface area contributed by atoms with Crippen molar-refractivity contribution in [3.05, 3.63) is 33.8 Å². The van der Waals surface area contributed by atoms with E-state index in [1.54, 1.807) is 7.11 Å². The molecule has 0 amide bonds. The molecule has 3 heteroatoms. The van der Waals surface area contributed by atoms with Gasteiger partial charge in [0.15, 0.2) is 0 Å². The van der Waals surface area contributed by atoms with Gasteiger partial charge in [-0.25, -0.2) is 0 Å². The molecule has 78 valence electrons. The Balaban J connectivity index is 3.25. The van der Waals surface area contributed by atoms with Crippen LogP contribution in [0.25, 0.3) is 5.57 Å². The summed E-state index contributed by atoms with van der Waals surface area (Å²) < 4.78 is 5.99. The molecule has 2 nitrogen and oxygen atoms in total. The summed E-state index contributed by atoms with van der Waals surface area (Å²) in [7, 11) is 1.62. The van der Waals surface area contributed by atoms with Crippen LogP contribution in [0.1, 0.15) is 19.4 Å². The standard InChI is InChI=1S/C12H12BrNO/c1-8(2)10(7-14)9-4-5-12(15-3)11(13)6-9/h4-6H,1-3H3. The lowest BCUT2D eigenvalue weighted by molar-refractivity contribution is 0.412. The van der Waals surface area contributed by atoms with Gasteiger partial charge in [0, 0.05) is 0 Å². The first-order chi connectivity index (χ1) is 7.10. The summed E-state index contributed by atoms with van der Waals surface area (Å²) in [5.41, 5.74) is 2.62. The summed E-state index contributed by atoms with van der Waals surface area (Å²) >= 11 is 3.40. The molecule has 0 heterocycles. The van der Waals surface area contributed by atoms with Gasteiger partial charge in [-0.2, -0.15) is 5.26 Å². The van der Waals surface area contributed by atoms with Crippen molar-refractivity contribution in [1.82, 2.24) is 0 Å². The molecule has 0 saturated carbocycles. The molecular weight excluding hydrogens is 254 g/mol. The highest BCUT2D eigenvalue weighted by atomic mass is 79.9. The van der Waals surface area contributed by atoms with Crippen LogP contribution in [0.5, 0.6) is 5.75 Å². The van der Waals surface area contributed by atoms with E-state index in [1.807, 2.05) is 32.0 Å². The molecule has 0 fully saturated rings. The van der Waals surface area contributed by atoms with Crippen molar-refractivity contribution in [3.63, 3.8) is 0 Å². The number of hydrogen-bond donors (Lipinski definition) is 0.